The van der Waals surface area contributed by atoms with Crippen molar-refractivity contribution >= 4 is 52.8 Å². The van der Waals surface area contributed by atoms with Gasteiger partial charge >= 0.3 is 18.2 Å². The summed E-state index contributed by atoms with van der Waals surface area (Å²) in [6, 6.07) is 15.2. The van der Waals surface area contributed by atoms with Gasteiger partial charge in [0.15, 0.2) is 6.61 Å². The highest BCUT2D eigenvalue weighted by Gasteiger charge is 2.45. The molecule has 0 unspecified atom stereocenters. The smallest absolute Gasteiger partial charge is 0.422 e. The lowest BCUT2D eigenvalue weighted by molar-refractivity contribution is -0.154. The first-order valence-corrected chi connectivity index (χ1v) is 16.9. The Morgan fingerprint density at radius 1 is 0.963 bits per heavy atom. The molecule has 2 amide bonds. The number of nitrogens with zero attached hydrogens (tertiary/aromatic N) is 3. The van der Waals surface area contributed by atoms with Crippen LogP contribution in [0.2, 0.25) is 5.02 Å². The number of carboxylic acid groups (broad SMARTS) is 1. The molecule has 18 heteroatoms. The Morgan fingerprint density at radius 2 is 1.65 bits per heavy atom. The molecule has 1 atom stereocenters. The van der Waals surface area contributed by atoms with E-state index in [-0.39, 0.29) is 43.3 Å². The first kappa shape index (κ1) is 39.4. The molecule has 0 aliphatic heterocycles. The van der Waals surface area contributed by atoms with Crippen LogP contribution in [0.15, 0.2) is 66.7 Å². The molecule has 3 aromatic carbocycles. The first-order chi connectivity index (χ1) is 25.6. The molecule has 5 rings (SSSR count). The van der Waals surface area contributed by atoms with Gasteiger partial charge in [-0.2, -0.15) is 28.1 Å². The topological polar surface area (TPSA) is 185 Å². The third kappa shape index (κ3) is 11.1. The SMILES string of the molecule is Cc1ccc(CCC(=O)C(=O)NCC[C@H](NC(=O)c2ccc(Nc3nc(NC4(c5ccc(Cl)cc5)CC4)nc(OCC(F)(F)F)n3)cc2)C(=O)O)cc1F. The Balaban J connectivity index is 1.17. The number of amides is 2. The maximum atomic E-state index is 13.7. The van der Waals surface area contributed by atoms with Crippen LogP contribution in [-0.4, -0.2) is 69.0 Å². The predicted octanol–water partition coefficient (Wildman–Crippen LogP) is 5.65. The maximum absolute atomic E-state index is 13.7. The van der Waals surface area contributed by atoms with Gasteiger partial charge in [0.05, 0.1) is 5.54 Å². The Labute approximate surface area is 310 Å². The molecule has 0 bridgehead atoms. The average molecular weight is 772 g/mol. The highest BCUT2D eigenvalue weighted by Crippen LogP contribution is 2.48. The number of aliphatic carboxylic acids is 1. The monoisotopic (exact) mass is 771 g/mol. The molecule has 284 valence electrons. The third-order valence-corrected chi connectivity index (χ3v) is 8.59. The molecule has 13 nitrogen and oxygen atoms in total. The number of ketones is 1. The standard InChI is InChI=1S/C36H34ClF4N7O6/c1-20-2-3-21(18-26(20)38)4-13-28(49)30(51)42-17-14-27(31(52)53)44-29(50)22-5-11-25(12-6-22)43-32-45-33(47-34(46-32)54-19-36(39,40)41)48-35(15-16-35)23-7-9-24(37)10-8-23/h2-3,5-12,18,27H,4,13-17,19H2,1H3,(H,42,51)(H,44,50)(H,52,53)(H2,43,45,46,47,48)/t27-/m0/s1. The molecule has 1 aromatic heterocycles. The summed E-state index contributed by atoms with van der Waals surface area (Å²) in [6.45, 7) is -0.271. The largest absolute Gasteiger partial charge is 0.480 e. The fourth-order valence-corrected chi connectivity index (χ4v) is 5.32. The molecule has 1 aliphatic carbocycles. The van der Waals surface area contributed by atoms with Crippen LogP contribution in [0.4, 0.5) is 35.1 Å². The quantitative estimate of drug-likeness (QED) is 0.0661. The molecule has 5 N–H and O–H groups in total. The van der Waals surface area contributed by atoms with Gasteiger partial charge in [0.25, 0.3) is 11.8 Å². The van der Waals surface area contributed by atoms with Crippen LogP contribution in [0.5, 0.6) is 6.01 Å². The summed E-state index contributed by atoms with van der Waals surface area (Å²) in [5, 5.41) is 20.9. The third-order valence-electron chi connectivity index (χ3n) is 8.33. The summed E-state index contributed by atoms with van der Waals surface area (Å²) in [4.78, 5) is 61.5. The van der Waals surface area contributed by atoms with E-state index in [1.807, 2.05) is 12.1 Å². The minimum atomic E-state index is -4.65. The number of rotatable bonds is 17. The zero-order valence-electron chi connectivity index (χ0n) is 28.6. The second-order valence-corrected chi connectivity index (χ2v) is 12.9. The van der Waals surface area contributed by atoms with Gasteiger partial charge in [-0.25, -0.2) is 9.18 Å². The number of nitrogens with one attached hydrogen (secondary N) is 4. The van der Waals surface area contributed by atoms with Crippen molar-refractivity contribution in [3.05, 3.63) is 99.8 Å². The van der Waals surface area contributed by atoms with Crippen molar-refractivity contribution in [1.82, 2.24) is 25.6 Å². The van der Waals surface area contributed by atoms with Crippen molar-refractivity contribution in [2.24, 2.45) is 0 Å². The van der Waals surface area contributed by atoms with Gasteiger partial charge in [-0.3, -0.25) is 14.4 Å². The zero-order valence-corrected chi connectivity index (χ0v) is 29.4. The number of carbonyl (C=O) groups is 4. The summed E-state index contributed by atoms with van der Waals surface area (Å²) in [6.07, 6.45) is -3.53. The van der Waals surface area contributed by atoms with Gasteiger partial charge in [-0.05, 0) is 91.8 Å². The predicted molar refractivity (Wildman–Crippen MR) is 188 cm³/mol. The minimum Gasteiger partial charge on any atom is -0.480 e. The van der Waals surface area contributed by atoms with Crippen LogP contribution in [0.25, 0.3) is 0 Å². The molecule has 4 aromatic rings. The number of hydrogen-bond acceptors (Lipinski definition) is 10. The lowest BCUT2D eigenvalue weighted by Crippen LogP contribution is -2.43. The fraction of sp³-hybridized carbons (Fsp3) is 0.306. The Morgan fingerprint density at radius 3 is 2.28 bits per heavy atom. The van der Waals surface area contributed by atoms with Gasteiger partial charge in [0.2, 0.25) is 17.7 Å². The molecule has 1 fully saturated rings. The van der Waals surface area contributed by atoms with E-state index in [1.54, 1.807) is 31.2 Å². The van der Waals surface area contributed by atoms with Crippen molar-refractivity contribution in [3.63, 3.8) is 0 Å². The summed E-state index contributed by atoms with van der Waals surface area (Å²) in [7, 11) is 0. The fourth-order valence-electron chi connectivity index (χ4n) is 5.20. The molecule has 54 heavy (non-hydrogen) atoms. The van der Waals surface area contributed by atoms with Gasteiger partial charge in [-0.1, -0.05) is 35.9 Å². The van der Waals surface area contributed by atoms with Crippen LogP contribution in [-0.2, 0) is 26.3 Å². The highest BCUT2D eigenvalue weighted by atomic mass is 35.5. The molecule has 0 saturated heterocycles. The van der Waals surface area contributed by atoms with Crippen LogP contribution in [0, 0.1) is 12.7 Å². The van der Waals surface area contributed by atoms with Crippen LogP contribution in [0.1, 0.15) is 52.7 Å². The second-order valence-electron chi connectivity index (χ2n) is 12.5. The van der Waals surface area contributed by atoms with E-state index in [9.17, 15) is 41.8 Å². The Kier molecular flexibility index (Phi) is 12.3. The maximum Gasteiger partial charge on any atom is 0.422 e. The molecule has 1 heterocycles. The van der Waals surface area contributed by atoms with Crippen LogP contribution >= 0.6 is 11.6 Å². The van der Waals surface area contributed by atoms with Crippen LogP contribution < -0.4 is 26.0 Å². The van der Waals surface area contributed by atoms with Crippen molar-refractivity contribution < 1.29 is 46.6 Å². The number of alkyl halides is 3. The van der Waals surface area contributed by atoms with Crippen molar-refractivity contribution in [2.75, 3.05) is 23.8 Å². The summed E-state index contributed by atoms with van der Waals surface area (Å²) >= 11 is 6.01. The minimum absolute atomic E-state index is 0.0488. The van der Waals surface area contributed by atoms with Crippen molar-refractivity contribution in [1.29, 1.82) is 0 Å². The zero-order chi connectivity index (χ0) is 39.0. The lowest BCUT2D eigenvalue weighted by Gasteiger charge is -2.19. The Hall–Kier alpha value is -5.84. The summed E-state index contributed by atoms with van der Waals surface area (Å²) < 4.78 is 57.3. The van der Waals surface area contributed by atoms with E-state index in [4.69, 9.17) is 16.3 Å². The number of carboxylic acids is 1. The van der Waals surface area contributed by atoms with Gasteiger partial charge in [-0.15, -0.1) is 0 Å². The molecule has 0 radical (unpaired) electrons. The van der Waals surface area contributed by atoms with Gasteiger partial charge in [0.1, 0.15) is 11.9 Å². The number of benzene rings is 3. The normalized spacial score (nSPS) is 13.7. The highest BCUT2D eigenvalue weighted by molar-refractivity contribution is 6.36. The van der Waals surface area contributed by atoms with E-state index in [2.05, 4.69) is 36.2 Å². The Bertz CT molecular complexity index is 2010. The number of aryl methyl sites for hydroxylation is 2. The number of hydrogen-bond donors (Lipinski definition) is 5. The van der Waals surface area contributed by atoms with Crippen molar-refractivity contribution in [2.45, 2.75) is 56.8 Å². The molecular weight excluding hydrogens is 738 g/mol. The average Bonchev–Trinajstić information content (AvgIpc) is 3.90. The van der Waals surface area contributed by atoms with E-state index in [0.29, 0.717) is 34.7 Å². The number of ether oxygens (including phenoxy) is 1. The van der Waals surface area contributed by atoms with E-state index >= 15 is 0 Å². The van der Waals surface area contributed by atoms with Crippen LogP contribution in [0.3, 0.4) is 0 Å². The van der Waals surface area contributed by atoms with E-state index < -0.39 is 59.8 Å². The van der Waals surface area contributed by atoms with E-state index in [0.717, 1.165) is 5.56 Å². The summed E-state index contributed by atoms with van der Waals surface area (Å²) in [5.74, 6) is -4.47. The lowest BCUT2D eigenvalue weighted by atomic mass is 10.1. The van der Waals surface area contributed by atoms with Gasteiger partial charge < -0.3 is 31.1 Å². The molecule has 0 spiro atoms. The summed E-state index contributed by atoms with van der Waals surface area (Å²) in [5.41, 5.74) is 1.68. The number of carbonyl (C=O) groups excluding carboxylic acids is 3. The van der Waals surface area contributed by atoms with Crippen molar-refractivity contribution in [3.8, 4) is 6.01 Å². The number of halogens is 5. The van der Waals surface area contributed by atoms with Gasteiger partial charge in [0, 0.05) is 29.2 Å². The second kappa shape index (κ2) is 16.9. The van der Waals surface area contributed by atoms with E-state index in [1.165, 1.54) is 30.3 Å². The number of anilines is 3. The number of Topliss-reactive ketones (excluding diaryl/α,β-unsaturated/α-hetero) is 1. The molecular formula is C36H34ClF4N7O6. The molecule has 1 saturated carbocycles. The first-order valence-electron chi connectivity index (χ1n) is 16.6. The molecule has 1 aliphatic rings. The number of aromatic nitrogens is 3.